The van der Waals surface area contributed by atoms with Crippen LogP contribution in [0.5, 0.6) is 11.5 Å². The highest BCUT2D eigenvalue weighted by molar-refractivity contribution is 5.92. The second-order valence-electron chi connectivity index (χ2n) is 5.94. The zero-order valence-corrected chi connectivity index (χ0v) is 14.9. The molecule has 1 aliphatic rings. The number of halogens is 4. The SMILES string of the molecule is COc1ccccc1OCc1ccc(C(=O)N2NC(C(F)F)=CC2(O)C(F)F)o1. The fourth-order valence-corrected chi connectivity index (χ4v) is 2.60. The van der Waals surface area contributed by atoms with Gasteiger partial charge in [-0.15, -0.1) is 0 Å². The van der Waals surface area contributed by atoms with E-state index in [2.05, 4.69) is 0 Å². The molecule has 2 N–H and O–H groups in total. The van der Waals surface area contributed by atoms with E-state index in [4.69, 9.17) is 13.9 Å². The van der Waals surface area contributed by atoms with Gasteiger partial charge in [0.25, 0.3) is 12.9 Å². The maximum absolute atomic E-state index is 13.2. The van der Waals surface area contributed by atoms with Crippen molar-refractivity contribution >= 4 is 5.91 Å². The Bertz CT molecular complexity index is 917. The average molecular weight is 416 g/mol. The van der Waals surface area contributed by atoms with Gasteiger partial charge in [0.1, 0.15) is 12.4 Å². The molecular formula is C18H16F4N2O5. The van der Waals surface area contributed by atoms with Crippen LogP contribution < -0.4 is 14.9 Å². The zero-order chi connectivity index (χ0) is 21.2. The summed E-state index contributed by atoms with van der Waals surface area (Å²) in [5, 5.41) is 10.0. The number of carbonyl (C=O) groups excluding carboxylic acids is 1. The van der Waals surface area contributed by atoms with E-state index in [0.29, 0.717) is 11.5 Å². The van der Waals surface area contributed by atoms with Crippen LogP contribution in [0.25, 0.3) is 0 Å². The Morgan fingerprint density at radius 2 is 1.90 bits per heavy atom. The number of allylic oxidation sites excluding steroid dienone is 1. The molecule has 11 heteroatoms. The number of furan rings is 1. The van der Waals surface area contributed by atoms with E-state index in [1.54, 1.807) is 29.7 Å². The first kappa shape index (κ1) is 20.5. The summed E-state index contributed by atoms with van der Waals surface area (Å²) in [6, 6.07) is 9.27. The van der Waals surface area contributed by atoms with Gasteiger partial charge in [0.05, 0.1) is 12.8 Å². The van der Waals surface area contributed by atoms with Crippen molar-refractivity contribution in [3.63, 3.8) is 0 Å². The van der Waals surface area contributed by atoms with Crippen molar-refractivity contribution in [1.82, 2.24) is 10.4 Å². The van der Waals surface area contributed by atoms with Gasteiger partial charge in [-0.3, -0.25) is 10.2 Å². The van der Waals surface area contributed by atoms with Crippen LogP contribution in [-0.4, -0.2) is 41.7 Å². The Morgan fingerprint density at radius 1 is 1.21 bits per heavy atom. The molecule has 29 heavy (non-hydrogen) atoms. The summed E-state index contributed by atoms with van der Waals surface area (Å²) in [6.45, 7) is -0.124. The van der Waals surface area contributed by atoms with E-state index in [-0.39, 0.29) is 23.5 Å². The third-order valence-electron chi connectivity index (χ3n) is 4.04. The lowest BCUT2D eigenvalue weighted by Gasteiger charge is -2.30. The van der Waals surface area contributed by atoms with Gasteiger partial charge in [-0.1, -0.05) is 12.1 Å². The number of aliphatic hydroxyl groups is 1. The molecule has 1 aromatic heterocycles. The lowest BCUT2D eigenvalue weighted by atomic mass is 10.2. The first-order valence-electron chi connectivity index (χ1n) is 8.23. The third kappa shape index (κ3) is 3.99. The van der Waals surface area contributed by atoms with Gasteiger partial charge in [0.15, 0.2) is 17.3 Å². The van der Waals surface area contributed by atoms with Crippen LogP contribution in [0.15, 0.2) is 52.6 Å². The predicted octanol–water partition coefficient (Wildman–Crippen LogP) is 2.93. The number of nitrogens with one attached hydrogen (secondary N) is 1. The summed E-state index contributed by atoms with van der Waals surface area (Å²) in [5.41, 5.74) is -2.47. The molecule has 0 saturated carbocycles. The monoisotopic (exact) mass is 416 g/mol. The first-order chi connectivity index (χ1) is 13.8. The van der Waals surface area contributed by atoms with Crippen LogP contribution >= 0.6 is 0 Å². The second-order valence-corrected chi connectivity index (χ2v) is 5.94. The van der Waals surface area contributed by atoms with Crippen molar-refractivity contribution in [2.24, 2.45) is 0 Å². The summed E-state index contributed by atoms with van der Waals surface area (Å²) >= 11 is 0. The van der Waals surface area contributed by atoms with Gasteiger partial charge in [-0.25, -0.2) is 22.6 Å². The Hall–Kier alpha value is -3.21. The highest BCUT2D eigenvalue weighted by Crippen LogP contribution is 2.32. The van der Waals surface area contributed by atoms with E-state index in [1.807, 2.05) is 0 Å². The molecule has 0 bridgehead atoms. The normalized spacial score (nSPS) is 18.8. The summed E-state index contributed by atoms with van der Waals surface area (Å²) in [7, 11) is 1.46. The predicted molar refractivity (Wildman–Crippen MR) is 90.4 cm³/mol. The number of hydrazine groups is 1. The van der Waals surface area contributed by atoms with Gasteiger partial charge >= 0.3 is 5.91 Å². The van der Waals surface area contributed by atoms with Crippen LogP contribution in [0, 0.1) is 0 Å². The second kappa shape index (κ2) is 8.03. The van der Waals surface area contributed by atoms with Crippen molar-refractivity contribution in [3.05, 3.63) is 59.7 Å². The molecule has 0 radical (unpaired) electrons. The molecule has 7 nitrogen and oxygen atoms in total. The van der Waals surface area contributed by atoms with E-state index in [1.165, 1.54) is 13.2 Å². The van der Waals surface area contributed by atoms with Crippen LogP contribution in [-0.2, 0) is 6.61 Å². The molecule has 156 valence electrons. The van der Waals surface area contributed by atoms with Gasteiger partial charge in [-0.05, 0) is 24.3 Å². The van der Waals surface area contributed by atoms with Crippen molar-refractivity contribution in [3.8, 4) is 11.5 Å². The number of nitrogens with zero attached hydrogens (tertiary/aromatic N) is 1. The Kier molecular flexibility index (Phi) is 5.69. The molecule has 1 aromatic carbocycles. The molecule has 0 saturated heterocycles. The van der Waals surface area contributed by atoms with E-state index >= 15 is 0 Å². The minimum atomic E-state index is -3.54. The number of hydrogen-bond acceptors (Lipinski definition) is 6. The number of carbonyl (C=O) groups is 1. The zero-order valence-electron chi connectivity index (χ0n) is 14.9. The van der Waals surface area contributed by atoms with Gasteiger partial charge in [0.2, 0.25) is 5.72 Å². The number of amides is 1. The highest BCUT2D eigenvalue weighted by atomic mass is 19.3. The average Bonchev–Trinajstić information content (AvgIpc) is 3.31. The number of hydrogen-bond donors (Lipinski definition) is 2. The summed E-state index contributed by atoms with van der Waals surface area (Å²) in [5.74, 6) is -0.703. The molecule has 3 rings (SSSR count). The van der Waals surface area contributed by atoms with Gasteiger partial charge < -0.3 is 19.0 Å². The third-order valence-corrected chi connectivity index (χ3v) is 4.04. The number of rotatable bonds is 7. The van der Waals surface area contributed by atoms with E-state index < -0.39 is 35.9 Å². The maximum Gasteiger partial charge on any atom is 0.311 e. The van der Waals surface area contributed by atoms with Crippen molar-refractivity contribution < 1.29 is 41.4 Å². The smallest absolute Gasteiger partial charge is 0.311 e. The molecule has 2 aromatic rings. The Morgan fingerprint density at radius 3 is 2.52 bits per heavy atom. The first-order valence-corrected chi connectivity index (χ1v) is 8.23. The highest BCUT2D eigenvalue weighted by Gasteiger charge is 2.51. The fraction of sp³-hybridized carbons (Fsp3) is 0.278. The largest absolute Gasteiger partial charge is 0.493 e. The molecule has 2 heterocycles. The number of benzene rings is 1. The van der Waals surface area contributed by atoms with Crippen molar-refractivity contribution in [2.75, 3.05) is 7.11 Å². The summed E-state index contributed by atoms with van der Waals surface area (Å²) < 4.78 is 68.1. The molecule has 0 fully saturated rings. The van der Waals surface area contributed by atoms with Gasteiger partial charge in [0, 0.05) is 6.08 Å². The van der Waals surface area contributed by atoms with E-state index in [0.717, 1.165) is 6.07 Å². The minimum absolute atomic E-state index is 0.00283. The quantitative estimate of drug-likeness (QED) is 0.676. The maximum atomic E-state index is 13.2. The van der Waals surface area contributed by atoms with Crippen LogP contribution in [0.2, 0.25) is 0 Å². The molecule has 0 aliphatic carbocycles. The number of para-hydroxylation sites is 2. The molecule has 1 atom stereocenters. The van der Waals surface area contributed by atoms with Crippen LogP contribution in [0.1, 0.15) is 16.3 Å². The molecule has 1 amide bonds. The number of methoxy groups -OCH3 is 1. The molecule has 1 aliphatic heterocycles. The number of ether oxygens (including phenoxy) is 2. The van der Waals surface area contributed by atoms with Crippen molar-refractivity contribution in [1.29, 1.82) is 0 Å². The molecule has 1 unspecified atom stereocenters. The molecular weight excluding hydrogens is 400 g/mol. The molecule has 0 spiro atoms. The number of alkyl halides is 4. The Balaban J connectivity index is 1.74. The van der Waals surface area contributed by atoms with E-state index in [9.17, 15) is 27.5 Å². The fourth-order valence-electron chi connectivity index (χ4n) is 2.60. The lowest BCUT2D eigenvalue weighted by Crippen LogP contribution is -2.56. The standard InChI is InChI=1S/C18H16F4N2O5/c1-27-12-4-2-3-5-13(12)28-9-10-6-7-14(29-10)16(25)24-18(26,17(21)22)8-11(23-24)15(19)20/h2-8,15,17,23,26H,9H2,1H3. The van der Waals surface area contributed by atoms with Crippen LogP contribution in [0.3, 0.4) is 0 Å². The minimum Gasteiger partial charge on any atom is -0.493 e. The Labute approximate surface area is 162 Å². The summed E-state index contributed by atoms with van der Waals surface area (Å²) in [6.07, 6.45) is -6.53. The van der Waals surface area contributed by atoms with Crippen molar-refractivity contribution in [2.45, 2.75) is 25.2 Å². The topological polar surface area (TPSA) is 84.2 Å². The van der Waals surface area contributed by atoms with Gasteiger partial charge in [-0.2, -0.15) is 0 Å². The summed E-state index contributed by atoms with van der Waals surface area (Å²) in [4.78, 5) is 12.5. The van der Waals surface area contributed by atoms with Crippen LogP contribution in [0.4, 0.5) is 17.6 Å². The lowest BCUT2D eigenvalue weighted by molar-refractivity contribution is -0.147.